The maximum absolute atomic E-state index is 11.7. The van der Waals surface area contributed by atoms with E-state index in [9.17, 15) is 18.7 Å². The van der Waals surface area contributed by atoms with Crippen LogP contribution in [0.15, 0.2) is 0 Å². The lowest BCUT2D eigenvalue weighted by atomic mass is 9.83. The number of alkyl halides is 2. The third-order valence-electron chi connectivity index (χ3n) is 3.21. The van der Waals surface area contributed by atoms with Gasteiger partial charge in [0.15, 0.2) is 0 Å². The Morgan fingerprint density at radius 3 is 2.44 bits per heavy atom. The molecule has 0 radical (unpaired) electrons. The molecule has 108 valence electrons. The first-order valence-corrected chi connectivity index (χ1v) is 6.23. The summed E-state index contributed by atoms with van der Waals surface area (Å²) in [5.74, 6) is -0.246. The molecule has 0 bridgehead atoms. The first-order chi connectivity index (χ1) is 8.49. The van der Waals surface area contributed by atoms with E-state index in [1.54, 1.807) is 0 Å². The summed E-state index contributed by atoms with van der Waals surface area (Å²) in [5.41, 5.74) is -0.292. The lowest BCUT2D eigenvalue weighted by molar-refractivity contribution is -0.123. The molecule has 0 aliphatic carbocycles. The second kappa shape index (κ2) is 9.22. The fourth-order valence-corrected chi connectivity index (χ4v) is 1.49. The minimum Gasteiger partial charge on any atom is -0.396 e. The molecule has 0 atom stereocenters. The van der Waals surface area contributed by atoms with Crippen molar-refractivity contribution in [1.29, 1.82) is 0 Å². The van der Waals surface area contributed by atoms with Crippen molar-refractivity contribution in [2.75, 3.05) is 26.4 Å². The SMILES string of the molecule is CCC(CC)(CO)CNC(=O)CCOCC(F)F. The van der Waals surface area contributed by atoms with Crippen LogP contribution in [0.4, 0.5) is 8.78 Å². The molecule has 0 aromatic carbocycles. The van der Waals surface area contributed by atoms with E-state index >= 15 is 0 Å². The Kier molecular flexibility index (Phi) is 8.83. The number of aliphatic hydroxyl groups is 1. The van der Waals surface area contributed by atoms with Crippen molar-refractivity contribution in [3.8, 4) is 0 Å². The third kappa shape index (κ3) is 6.86. The molecule has 0 heterocycles. The number of carbonyl (C=O) groups is 1. The highest BCUT2D eigenvalue weighted by Gasteiger charge is 2.25. The van der Waals surface area contributed by atoms with Gasteiger partial charge in [-0.15, -0.1) is 0 Å². The van der Waals surface area contributed by atoms with Gasteiger partial charge in [-0.2, -0.15) is 0 Å². The summed E-state index contributed by atoms with van der Waals surface area (Å²) in [6.45, 7) is 3.67. The van der Waals surface area contributed by atoms with Crippen LogP contribution in [0.1, 0.15) is 33.1 Å². The quantitative estimate of drug-likeness (QED) is 0.591. The fraction of sp³-hybridized carbons (Fsp3) is 0.917. The number of halogens is 2. The molecule has 0 saturated carbocycles. The first kappa shape index (κ1) is 17.2. The van der Waals surface area contributed by atoms with Crippen molar-refractivity contribution in [3.05, 3.63) is 0 Å². The van der Waals surface area contributed by atoms with Gasteiger partial charge < -0.3 is 15.2 Å². The molecule has 18 heavy (non-hydrogen) atoms. The zero-order valence-corrected chi connectivity index (χ0v) is 11.0. The Morgan fingerprint density at radius 1 is 1.39 bits per heavy atom. The molecule has 0 aromatic heterocycles. The molecule has 6 heteroatoms. The molecule has 0 saturated heterocycles. The van der Waals surface area contributed by atoms with Gasteiger partial charge in [-0.25, -0.2) is 8.78 Å². The van der Waals surface area contributed by atoms with Gasteiger partial charge in [-0.05, 0) is 12.8 Å². The van der Waals surface area contributed by atoms with E-state index in [2.05, 4.69) is 10.1 Å². The van der Waals surface area contributed by atoms with Gasteiger partial charge in [0.2, 0.25) is 5.91 Å². The van der Waals surface area contributed by atoms with E-state index < -0.39 is 13.0 Å². The highest BCUT2D eigenvalue weighted by atomic mass is 19.3. The Hall–Kier alpha value is -0.750. The summed E-state index contributed by atoms with van der Waals surface area (Å²) < 4.78 is 28.1. The van der Waals surface area contributed by atoms with Crippen molar-refractivity contribution in [2.45, 2.75) is 39.5 Å². The Balaban J connectivity index is 3.81. The van der Waals surface area contributed by atoms with E-state index in [4.69, 9.17) is 0 Å². The van der Waals surface area contributed by atoms with Gasteiger partial charge in [-0.3, -0.25) is 4.79 Å². The van der Waals surface area contributed by atoms with Crippen LogP contribution in [0.3, 0.4) is 0 Å². The molecular weight excluding hydrogens is 244 g/mol. The van der Waals surface area contributed by atoms with Crippen molar-refractivity contribution < 1.29 is 23.4 Å². The molecule has 0 fully saturated rings. The summed E-state index contributed by atoms with van der Waals surface area (Å²) >= 11 is 0. The van der Waals surface area contributed by atoms with Crippen LogP contribution in [-0.4, -0.2) is 43.8 Å². The molecule has 0 spiro atoms. The molecule has 2 N–H and O–H groups in total. The van der Waals surface area contributed by atoms with Gasteiger partial charge in [0.1, 0.15) is 6.61 Å². The van der Waals surface area contributed by atoms with E-state index in [0.717, 1.165) is 12.8 Å². The summed E-state index contributed by atoms with van der Waals surface area (Å²) in [6, 6.07) is 0. The Labute approximate surface area is 107 Å². The number of nitrogens with one attached hydrogen (secondary N) is 1. The van der Waals surface area contributed by atoms with E-state index in [0.29, 0.717) is 6.54 Å². The van der Waals surface area contributed by atoms with Crippen molar-refractivity contribution in [2.24, 2.45) is 5.41 Å². The molecular formula is C12H23F2NO3. The summed E-state index contributed by atoms with van der Waals surface area (Å²) in [4.78, 5) is 11.4. The molecule has 0 aliphatic rings. The summed E-state index contributed by atoms with van der Waals surface area (Å²) in [6.07, 6.45) is -0.915. The molecule has 1 amide bonds. The number of ether oxygens (including phenoxy) is 1. The zero-order chi connectivity index (χ0) is 14.0. The lowest BCUT2D eigenvalue weighted by Gasteiger charge is -2.29. The number of hydrogen-bond donors (Lipinski definition) is 2. The number of aliphatic hydroxyl groups excluding tert-OH is 1. The topological polar surface area (TPSA) is 58.6 Å². The van der Waals surface area contributed by atoms with E-state index in [-0.39, 0.29) is 31.0 Å². The van der Waals surface area contributed by atoms with Crippen LogP contribution >= 0.6 is 0 Å². The number of carbonyl (C=O) groups excluding carboxylic acids is 1. The molecule has 0 unspecified atom stereocenters. The lowest BCUT2D eigenvalue weighted by Crippen LogP contribution is -2.39. The van der Waals surface area contributed by atoms with Gasteiger partial charge >= 0.3 is 0 Å². The number of rotatable bonds is 10. The van der Waals surface area contributed by atoms with Crippen LogP contribution < -0.4 is 5.32 Å². The van der Waals surface area contributed by atoms with Gasteiger partial charge in [0, 0.05) is 18.4 Å². The minimum absolute atomic E-state index is 0.0133. The van der Waals surface area contributed by atoms with Crippen molar-refractivity contribution in [3.63, 3.8) is 0 Å². The predicted octanol–water partition coefficient (Wildman–Crippen LogP) is 1.57. The molecule has 0 aliphatic heterocycles. The van der Waals surface area contributed by atoms with Crippen LogP contribution in [0, 0.1) is 5.41 Å². The summed E-state index contributed by atoms with van der Waals surface area (Å²) in [7, 11) is 0. The summed E-state index contributed by atoms with van der Waals surface area (Å²) in [5, 5.41) is 12.0. The smallest absolute Gasteiger partial charge is 0.261 e. The number of hydrogen-bond acceptors (Lipinski definition) is 3. The fourth-order valence-electron chi connectivity index (χ4n) is 1.49. The Bertz CT molecular complexity index is 225. The van der Waals surface area contributed by atoms with Gasteiger partial charge in [0.05, 0.1) is 13.2 Å². The van der Waals surface area contributed by atoms with E-state index in [1.807, 2.05) is 13.8 Å². The van der Waals surface area contributed by atoms with Gasteiger partial charge in [0.25, 0.3) is 6.43 Å². The van der Waals surface area contributed by atoms with Crippen molar-refractivity contribution in [1.82, 2.24) is 5.32 Å². The standard InChI is InChI=1S/C12H23F2NO3/c1-3-12(4-2,9-16)8-15-11(17)5-6-18-7-10(13)14/h10,16H,3-9H2,1-2H3,(H,15,17). The van der Waals surface area contributed by atoms with Crippen LogP contribution in [-0.2, 0) is 9.53 Å². The molecule has 0 rings (SSSR count). The van der Waals surface area contributed by atoms with Crippen LogP contribution in [0.5, 0.6) is 0 Å². The van der Waals surface area contributed by atoms with Gasteiger partial charge in [-0.1, -0.05) is 13.8 Å². The molecule has 4 nitrogen and oxygen atoms in total. The number of amides is 1. The third-order valence-corrected chi connectivity index (χ3v) is 3.21. The maximum atomic E-state index is 11.7. The van der Waals surface area contributed by atoms with Crippen molar-refractivity contribution >= 4 is 5.91 Å². The van der Waals surface area contributed by atoms with E-state index in [1.165, 1.54) is 0 Å². The molecule has 0 aromatic rings. The monoisotopic (exact) mass is 267 g/mol. The zero-order valence-electron chi connectivity index (χ0n) is 11.0. The minimum atomic E-state index is -2.50. The van der Waals surface area contributed by atoms with Crippen LogP contribution in [0.2, 0.25) is 0 Å². The van der Waals surface area contributed by atoms with Crippen LogP contribution in [0.25, 0.3) is 0 Å². The average molecular weight is 267 g/mol. The second-order valence-corrected chi connectivity index (χ2v) is 4.36. The Morgan fingerprint density at radius 2 is 2.00 bits per heavy atom. The highest BCUT2D eigenvalue weighted by molar-refractivity contribution is 5.75. The largest absolute Gasteiger partial charge is 0.396 e. The maximum Gasteiger partial charge on any atom is 0.261 e. The normalized spacial score (nSPS) is 11.9. The average Bonchev–Trinajstić information content (AvgIpc) is 2.37. The first-order valence-electron chi connectivity index (χ1n) is 6.23. The predicted molar refractivity (Wildman–Crippen MR) is 64.6 cm³/mol. The second-order valence-electron chi connectivity index (χ2n) is 4.36. The highest BCUT2D eigenvalue weighted by Crippen LogP contribution is 2.24.